The molecule has 180 valence electrons. The molecule has 0 spiro atoms. The van der Waals surface area contributed by atoms with Gasteiger partial charge in [0.05, 0.1) is 12.8 Å². The number of anilines is 1. The number of halogens is 1. The van der Waals surface area contributed by atoms with Crippen LogP contribution in [0.25, 0.3) is 0 Å². The monoisotopic (exact) mass is 491 g/mol. The minimum atomic E-state index is -1.22. The molecule has 3 aromatic carbocycles. The molecule has 0 unspecified atom stereocenters. The average Bonchev–Trinajstić information content (AvgIpc) is 3.08. The van der Waals surface area contributed by atoms with E-state index >= 15 is 0 Å². The van der Waals surface area contributed by atoms with E-state index in [4.69, 9.17) is 16.3 Å². The Morgan fingerprint density at radius 1 is 1.00 bits per heavy atom. The van der Waals surface area contributed by atoms with Gasteiger partial charge in [0.15, 0.2) is 0 Å². The van der Waals surface area contributed by atoms with Gasteiger partial charge in [0.1, 0.15) is 17.3 Å². The van der Waals surface area contributed by atoms with Crippen LogP contribution >= 0.6 is 11.6 Å². The van der Waals surface area contributed by atoms with Crippen molar-refractivity contribution in [3.8, 4) is 5.75 Å². The Bertz CT molecular complexity index is 1190. The molecule has 1 aliphatic heterocycles. The summed E-state index contributed by atoms with van der Waals surface area (Å²) in [6, 6.07) is 22.1. The number of amides is 4. The van der Waals surface area contributed by atoms with Crippen LogP contribution in [-0.2, 0) is 22.4 Å². The maximum Gasteiger partial charge on any atom is 0.325 e. The summed E-state index contributed by atoms with van der Waals surface area (Å²) in [5, 5.41) is 6.04. The molecule has 1 fully saturated rings. The predicted octanol–water partition coefficient (Wildman–Crippen LogP) is 4.45. The van der Waals surface area contributed by atoms with Gasteiger partial charge in [-0.3, -0.25) is 9.59 Å². The molecule has 0 aliphatic carbocycles. The lowest BCUT2D eigenvalue weighted by Crippen LogP contribution is -2.52. The third kappa shape index (κ3) is 5.15. The zero-order chi connectivity index (χ0) is 25.0. The van der Waals surface area contributed by atoms with Crippen molar-refractivity contribution in [2.75, 3.05) is 12.4 Å². The summed E-state index contributed by atoms with van der Waals surface area (Å²) in [4.78, 5) is 41.1. The normalized spacial score (nSPS) is 15.5. The van der Waals surface area contributed by atoms with E-state index in [2.05, 4.69) is 10.6 Å². The van der Waals surface area contributed by atoms with Crippen molar-refractivity contribution in [1.82, 2.24) is 10.2 Å². The first-order valence-electron chi connectivity index (χ1n) is 11.2. The lowest BCUT2D eigenvalue weighted by Gasteiger charge is -2.28. The van der Waals surface area contributed by atoms with Gasteiger partial charge in [0, 0.05) is 17.9 Å². The molecule has 35 heavy (non-hydrogen) atoms. The second-order valence-electron chi connectivity index (χ2n) is 8.52. The van der Waals surface area contributed by atoms with Gasteiger partial charge in [-0.25, -0.2) is 9.69 Å². The summed E-state index contributed by atoms with van der Waals surface area (Å²) in [6.07, 6.45) is 0.584. The minimum absolute atomic E-state index is 0.292. The fraction of sp³-hybridized carbons (Fsp3) is 0.222. The third-order valence-electron chi connectivity index (χ3n) is 6.08. The van der Waals surface area contributed by atoms with Crippen molar-refractivity contribution in [1.29, 1.82) is 0 Å². The first kappa shape index (κ1) is 24.3. The van der Waals surface area contributed by atoms with Crippen LogP contribution in [0.3, 0.4) is 0 Å². The summed E-state index contributed by atoms with van der Waals surface area (Å²) in [6.45, 7) is 1.52. The highest BCUT2D eigenvalue weighted by Crippen LogP contribution is 2.31. The van der Waals surface area contributed by atoms with Crippen molar-refractivity contribution in [3.05, 3.63) is 95.0 Å². The van der Waals surface area contributed by atoms with Crippen molar-refractivity contribution in [3.63, 3.8) is 0 Å². The molecule has 4 amide bonds. The maximum absolute atomic E-state index is 13.8. The molecule has 0 radical (unpaired) electrons. The largest absolute Gasteiger partial charge is 0.495 e. The SMILES string of the molecule is COc1ccc(Cl)cc1NC(=O)[C@@H](C)N1C(=O)NC(Cc2ccccc2)(Cc2ccccc2)C1=O. The highest BCUT2D eigenvalue weighted by molar-refractivity contribution is 6.31. The Hall–Kier alpha value is -3.84. The average molecular weight is 492 g/mol. The molecule has 0 saturated carbocycles. The number of carbonyl (C=O) groups excluding carboxylic acids is 3. The van der Waals surface area contributed by atoms with Gasteiger partial charge < -0.3 is 15.4 Å². The second-order valence-corrected chi connectivity index (χ2v) is 8.96. The molecular formula is C27H26ClN3O4. The summed E-state index contributed by atoms with van der Waals surface area (Å²) >= 11 is 6.07. The van der Waals surface area contributed by atoms with Gasteiger partial charge in [-0.05, 0) is 36.2 Å². The molecule has 7 nitrogen and oxygen atoms in total. The topological polar surface area (TPSA) is 87.7 Å². The Morgan fingerprint density at radius 3 is 2.11 bits per heavy atom. The molecule has 0 aromatic heterocycles. The molecule has 1 saturated heterocycles. The Balaban J connectivity index is 1.62. The number of imide groups is 1. The molecule has 2 N–H and O–H groups in total. The first-order chi connectivity index (χ1) is 16.8. The van der Waals surface area contributed by atoms with Crippen LogP contribution in [-0.4, -0.2) is 41.4 Å². The first-order valence-corrected chi connectivity index (χ1v) is 11.6. The van der Waals surface area contributed by atoms with E-state index < -0.39 is 29.4 Å². The summed E-state index contributed by atoms with van der Waals surface area (Å²) in [5.41, 5.74) is 0.936. The summed E-state index contributed by atoms with van der Waals surface area (Å²) < 4.78 is 5.28. The highest BCUT2D eigenvalue weighted by atomic mass is 35.5. The van der Waals surface area contributed by atoms with Gasteiger partial charge >= 0.3 is 6.03 Å². The van der Waals surface area contributed by atoms with Crippen LogP contribution in [0.1, 0.15) is 18.1 Å². The molecule has 1 aliphatic rings. The third-order valence-corrected chi connectivity index (χ3v) is 6.31. The zero-order valence-electron chi connectivity index (χ0n) is 19.5. The van der Waals surface area contributed by atoms with E-state index in [0.29, 0.717) is 29.3 Å². The van der Waals surface area contributed by atoms with E-state index in [1.165, 1.54) is 14.0 Å². The number of benzene rings is 3. The minimum Gasteiger partial charge on any atom is -0.495 e. The van der Waals surface area contributed by atoms with Crippen molar-refractivity contribution in [2.45, 2.75) is 31.3 Å². The van der Waals surface area contributed by atoms with Gasteiger partial charge in [-0.1, -0.05) is 72.3 Å². The van der Waals surface area contributed by atoms with Crippen LogP contribution in [0.4, 0.5) is 10.5 Å². The maximum atomic E-state index is 13.8. The molecular weight excluding hydrogens is 466 g/mol. The van der Waals surface area contributed by atoms with Crippen molar-refractivity contribution < 1.29 is 19.1 Å². The van der Waals surface area contributed by atoms with Gasteiger partial charge in [-0.15, -0.1) is 0 Å². The zero-order valence-corrected chi connectivity index (χ0v) is 20.2. The van der Waals surface area contributed by atoms with E-state index in [9.17, 15) is 14.4 Å². The molecule has 1 atom stereocenters. The van der Waals surface area contributed by atoms with Crippen molar-refractivity contribution in [2.24, 2.45) is 0 Å². The van der Waals surface area contributed by atoms with E-state index in [0.717, 1.165) is 16.0 Å². The number of hydrogen-bond donors (Lipinski definition) is 2. The summed E-state index contributed by atoms with van der Waals surface area (Å²) in [7, 11) is 1.47. The number of nitrogens with zero attached hydrogens (tertiary/aromatic N) is 1. The lowest BCUT2D eigenvalue weighted by atomic mass is 9.84. The summed E-state index contributed by atoms with van der Waals surface area (Å²) in [5.74, 6) is -0.574. The molecule has 8 heteroatoms. The molecule has 4 rings (SSSR count). The fourth-order valence-electron chi connectivity index (χ4n) is 4.32. The second kappa shape index (κ2) is 10.2. The van der Waals surface area contributed by atoms with Gasteiger partial charge in [-0.2, -0.15) is 0 Å². The van der Waals surface area contributed by atoms with Gasteiger partial charge in [0.25, 0.3) is 5.91 Å². The quantitative estimate of drug-likeness (QED) is 0.456. The standard InChI is InChI=1S/C27H26ClN3O4/c1-18(24(32)29-22-15-21(28)13-14-23(22)35-2)31-25(33)27(30-26(31)34,16-19-9-5-3-6-10-19)17-20-11-7-4-8-12-20/h3-15,18H,16-17H2,1-2H3,(H,29,32)(H,30,34)/t18-/m1/s1. The molecule has 1 heterocycles. The number of carbonyl (C=O) groups is 3. The predicted molar refractivity (Wildman–Crippen MR) is 134 cm³/mol. The Kier molecular flexibility index (Phi) is 7.07. The number of urea groups is 1. The van der Waals surface area contributed by atoms with Crippen LogP contribution in [0.5, 0.6) is 5.75 Å². The highest BCUT2D eigenvalue weighted by Gasteiger charge is 2.53. The van der Waals surface area contributed by atoms with Crippen LogP contribution in [0, 0.1) is 0 Å². The van der Waals surface area contributed by atoms with Crippen LogP contribution < -0.4 is 15.4 Å². The number of nitrogens with one attached hydrogen (secondary N) is 2. The number of hydrogen-bond acceptors (Lipinski definition) is 4. The molecule has 3 aromatic rings. The van der Waals surface area contributed by atoms with Gasteiger partial charge in [0.2, 0.25) is 5.91 Å². The number of rotatable bonds is 8. The van der Waals surface area contributed by atoms with E-state index in [-0.39, 0.29) is 0 Å². The lowest BCUT2D eigenvalue weighted by molar-refractivity contribution is -0.136. The Labute approximate surface area is 209 Å². The van der Waals surface area contributed by atoms with E-state index in [1.807, 2.05) is 60.7 Å². The van der Waals surface area contributed by atoms with Crippen LogP contribution in [0.2, 0.25) is 5.02 Å². The Morgan fingerprint density at radius 2 is 1.57 bits per heavy atom. The van der Waals surface area contributed by atoms with Crippen LogP contribution in [0.15, 0.2) is 78.9 Å². The number of ether oxygens (including phenoxy) is 1. The fourth-order valence-corrected chi connectivity index (χ4v) is 4.49. The number of methoxy groups -OCH3 is 1. The molecule has 0 bridgehead atoms. The smallest absolute Gasteiger partial charge is 0.325 e. The van der Waals surface area contributed by atoms with Crippen molar-refractivity contribution >= 4 is 35.1 Å². The van der Waals surface area contributed by atoms with E-state index in [1.54, 1.807) is 18.2 Å².